The first-order valence-corrected chi connectivity index (χ1v) is 29.1. The number of unbranched alkanes of at least 4 members (excludes halogenated alkanes) is 1. The van der Waals surface area contributed by atoms with Crippen LogP contribution in [-0.2, 0) is 61.4 Å². The standard InChI is InChI=1S/C59H81N13O9S/c1-6-10-45(7-2)40-60-57(75)56(47-41-61-69(5)42-47)72(51-16-17-51)54(73)22-13-46-11-18-52(19-12-46)80-31-9-8-24-67(3)29-33-78-36-35-77-32-23-49-43-71(66-65-49)30-34-79-37-38-81-53-20-14-48(15-21-53)62-58(76)64-59-63-50(44-82-59)39-55(74)70-27-25-68(4)26-28-70/h6-7,10-12,14-15,18-21,41-44,51,56H,1-2,8-9,13,16-17,22-40H2,3-5H3,(H,60,75)(H2,62,63,64,76)/b45-10+. The molecule has 3 N–H and O–H groups in total. The third-order valence-electron chi connectivity index (χ3n) is 13.7. The van der Waals surface area contributed by atoms with Crippen molar-refractivity contribution >= 4 is 45.9 Å². The quantitative estimate of drug-likeness (QED) is 0.0308. The molecule has 0 bridgehead atoms. The van der Waals surface area contributed by atoms with Crippen molar-refractivity contribution in [2.45, 2.75) is 70.0 Å². The number of urea groups is 1. The van der Waals surface area contributed by atoms with E-state index in [1.54, 1.807) is 81.6 Å². The summed E-state index contributed by atoms with van der Waals surface area (Å²) < 4.78 is 32.6. The number of piperazine rings is 1. The van der Waals surface area contributed by atoms with Gasteiger partial charge in [-0.1, -0.05) is 48.7 Å². The zero-order valence-corrected chi connectivity index (χ0v) is 48.6. The summed E-state index contributed by atoms with van der Waals surface area (Å²) in [4.78, 5) is 65.3. The zero-order chi connectivity index (χ0) is 57.9. The van der Waals surface area contributed by atoms with E-state index >= 15 is 0 Å². The van der Waals surface area contributed by atoms with Gasteiger partial charge in [-0.05, 0) is 100 Å². The predicted octanol–water partition coefficient (Wildman–Crippen LogP) is 5.97. The number of aryl methyl sites for hydroxylation is 2. The molecule has 1 unspecified atom stereocenters. The van der Waals surface area contributed by atoms with E-state index in [-0.39, 0.29) is 43.1 Å². The van der Waals surface area contributed by atoms with Crippen molar-refractivity contribution in [1.82, 2.24) is 54.7 Å². The SMILES string of the molecule is C=C/C=C(\C=C)CNC(=O)C(c1cnn(C)c1)N(C(=O)CCc1ccc(OCCCCN(C)CCOCCOCCc2cn(CCOCCOc3ccc(NC(=O)Nc4nc(CC(=O)N5CCN(C)CC5)cs4)cc3)nn2)cc1)C1CC1. The number of amides is 5. The molecule has 1 aliphatic carbocycles. The molecule has 23 heteroatoms. The summed E-state index contributed by atoms with van der Waals surface area (Å²) in [6.07, 6.45) is 15.8. The minimum atomic E-state index is -0.779. The average Bonchev–Trinajstić information content (AvgIpc) is 4.02. The van der Waals surface area contributed by atoms with E-state index < -0.39 is 12.1 Å². The highest BCUT2D eigenvalue weighted by molar-refractivity contribution is 7.14. The Bertz CT molecular complexity index is 2810. The maximum Gasteiger partial charge on any atom is 0.325 e. The lowest BCUT2D eigenvalue weighted by molar-refractivity contribution is -0.141. The molecule has 1 saturated carbocycles. The number of anilines is 2. The number of benzene rings is 2. The van der Waals surface area contributed by atoms with Gasteiger partial charge in [0.25, 0.3) is 0 Å². The second-order valence-electron chi connectivity index (χ2n) is 20.3. The molecule has 2 aliphatic rings. The Labute approximate surface area is 485 Å². The molecule has 5 aromatic rings. The number of nitrogens with one attached hydrogen (secondary N) is 3. The molecule has 0 spiro atoms. The normalized spacial score (nSPS) is 14.1. The Balaban J connectivity index is 0.655. The number of carbonyl (C=O) groups is 4. The highest BCUT2D eigenvalue weighted by Gasteiger charge is 2.41. The second kappa shape index (κ2) is 33.6. The van der Waals surface area contributed by atoms with Gasteiger partial charge in [-0.2, -0.15) is 5.10 Å². The van der Waals surface area contributed by atoms with Gasteiger partial charge in [0.05, 0.1) is 76.8 Å². The summed E-state index contributed by atoms with van der Waals surface area (Å²) >= 11 is 1.28. The Kier molecular flexibility index (Phi) is 25.5. The Morgan fingerprint density at radius 3 is 2.24 bits per heavy atom. The lowest BCUT2D eigenvalue weighted by Crippen LogP contribution is -2.47. The van der Waals surface area contributed by atoms with Crippen LogP contribution in [0.5, 0.6) is 11.5 Å². The summed E-state index contributed by atoms with van der Waals surface area (Å²) in [5.74, 6) is 1.17. The Morgan fingerprint density at radius 2 is 1.52 bits per heavy atom. The second-order valence-corrected chi connectivity index (χ2v) is 21.2. The molecule has 7 rings (SSSR count). The van der Waals surface area contributed by atoms with Crippen LogP contribution in [0.25, 0.3) is 0 Å². The van der Waals surface area contributed by atoms with Gasteiger partial charge in [0, 0.05) is 94.2 Å². The fourth-order valence-corrected chi connectivity index (χ4v) is 9.61. The molecule has 22 nitrogen and oxygen atoms in total. The molecule has 5 amide bonds. The first kappa shape index (κ1) is 62.3. The van der Waals surface area contributed by atoms with Crippen LogP contribution in [0.3, 0.4) is 0 Å². The van der Waals surface area contributed by atoms with Crippen LogP contribution in [0.1, 0.15) is 60.7 Å². The predicted molar refractivity (Wildman–Crippen MR) is 315 cm³/mol. The summed E-state index contributed by atoms with van der Waals surface area (Å²) in [6.45, 7) is 17.3. The monoisotopic (exact) mass is 1150 g/mol. The van der Waals surface area contributed by atoms with Crippen LogP contribution in [0.4, 0.5) is 15.6 Å². The van der Waals surface area contributed by atoms with Gasteiger partial charge >= 0.3 is 6.03 Å². The number of hydrogen-bond acceptors (Lipinski definition) is 16. The topological polar surface area (TPSA) is 225 Å². The maximum absolute atomic E-state index is 13.8. The molecule has 1 atom stereocenters. The molecule has 2 fully saturated rings. The van der Waals surface area contributed by atoms with E-state index in [0.29, 0.717) is 113 Å². The summed E-state index contributed by atoms with van der Waals surface area (Å²) in [6, 6.07) is 13.8. The van der Waals surface area contributed by atoms with Gasteiger partial charge in [0.15, 0.2) is 5.13 Å². The molecular formula is C59H81N13O9S. The number of carbonyl (C=O) groups excluding carboxylic acids is 4. The van der Waals surface area contributed by atoms with Crippen molar-refractivity contribution in [3.8, 4) is 11.5 Å². The molecule has 2 aromatic carbocycles. The Hall–Kier alpha value is -7.28. The van der Waals surface area contributed by atoms with Crippen molar-refractivity contribution in [3.05, 3.63) is 132 Å². The van der Waals surface area contributed by atoms with E-state index in [4.69, 9.17) is 23.7 Å². The van der Waals surface area contributed by atoms with Crippen LogP contribution >= 0.6 is 11.3 Å². The Morgan fingerprint density at radius 1 is 0.805 bits per heavy atom. The first-order valence-electron chi connectivity index (χ1n) is 28.2. The van der Waals surface area contributed by atoms with Crippen molar-refractivity contribution in [2.75, 3.05) is 123 Å². The maximum atomic E-state index is 13.8. The van der Waals surface area contributed by atoms with Crippen LogP contribution in [0.2, 0.25) is 0 Å². The molecule has 442 valence electrons. The molecular weight excluding hydrogens is 1070 g/mol. The number of nitrogens with zero attached hydrogens (tertiary/aromatic N) is 10. The van der Waals surface area contributed by atoms with Gasteiger partial charge < -0.3 is 53.9 Å². The van der Waals surface area contributed by atoms with E-state index in [2.05, 4.69) is 66.4 Å². The smallest absolute Gasteiger partial charge is 0.325 e. The summed E-state index contributed by atoms with van der Waals surface area (Å²) in [5.41, 5.74) is 4.61. The van der Waals surface area contributed by atoms with Crippen LogP contribution in [0.15, 0.2) is 109 Å². The molecule has 82 heavy (non-hydrogen) atoms. The number of ether oxygens (including phenoxy) is 5. The fraction of sp³-hybridized carbons (Fsp3) is 0.492. The lowest BCUT2D eigenvalue weighted by atomic mass is 10.0. The number of likely N-dealkylation sites (N-methyl/N-ethyl adjacent to an activating group) is 2. The molecule has 0 radical (unpaired) electrons. The van der Waals surface area contributed by atoms with Crippen molar-refractivity contribution in [1.29, 1.82) is 0 Å². The number of hydrogen-bond donors (Lipinski definition) is 3. The minimum Gasteiger partial charge on any atom is -0.494 e. The highest BCUT2D eigenvalue weighted by atomic mass is 32.1. The van der Waals surface area contributed by atoms with Gasteiger partial charge in [0.1, 0.15) is 24.1 Å². The van der Waals surface area contributed by atoms with Gasteiger partial charge in [-0.3, -0.25) is 24.4 Å². The molecule has 1 aliphatic heterocycles. The average molecular weight is 1150 g/mol. The number of rotatable bonds is 37. The van der Waals surface area contributed by atoms with E-state index in [1.165, 1.54) is 11.3 Å². The van der Waals surface area contributed by atoms with Crippen LogP contribution < -0.4 is 25.4 Å². The molecule has 1 saturated heterocycles. The van der Waals surface area contributed by atoms with E-state index in [1.807, 2.05) is 42.4 Å². The molecule has 4 heterocycles. The summed E-state index contributed by atoms with van der Waals surface area (Å²) in [5, 5.41) is 23.5. The lowest BCUT2D eigenvalue weighted by Gasteiger charge is -2.32. The van der Waals surface area contributed by atoms with Crippen LogP contribution in [0, 0.1) is 0 Å². The van der Waals surface area contributed by atoms with Crippen LogP contribution in [-0.4, -0.2) is 192 Å². The zero-order valence-electron chi connectivity index (χ0n) is 47.8. The third kappa shape index (κ3) is 21.6. The highest BCUT2D eigenvalue weighted by Crippen LogP contribution is 2.36. The van der Waals surface area contributed by atoms with Gasteiger partial charge in [-0.15, -0.1) is 16.4 Å². The minimum absolute atomic E-state index is 0.0152. The van der Waals surface area contributed by atoms with E-state index in [0.717, 1.165) is 74.4 Å². The van der Waals surface area contributed by atoms with Gasteiger partial charge in [-0.25, -0.2) is 14.5 Å². The number of aromatic nitrogens is 6. The first-order chi connectivity index (χ1) is 39.9. The van der Waals surface area contributed by atoms with E-state index in [9.17, 15) is 19.2 Å². The van der Waals surface area contributed by atoms with Gasteiger partial charge in [0.2, 0.25) is 17.7 Å². The molecule has 3 aromatic heterocycles. The van der Waals surface area contributed by atoms with Crippen molar-refractivity contribution in [2.24, 2.45) is 7.05 Å². The largest absolute Gasteiger partial charge is 0.494 e. The van der Waals surface area contributed by atoms with Crippen molar-refractivity contribution in [3.63, 3.8) is 0 Å². The number of thiazole rings is 1. The fourth-order valence-electron chi connectivity index (χ4n) is 8.91. The third-order valence-corrected chi connectivity index (χ3v) is 14.5. The number of allylic oxidation sites excluding steroid dienone is 2. The van der Waals surface area contributed by atoms with Crippen molar-refractivity contribution < 1.29 is 42.9 Å². The summed E-state index contributed by atoms with van der Waals surface area (Å²) in [7, 11) is 5.94.